The molecule has 15 heavy (non-hydrogen) atoms. The first kappa shape index (κ1) is 11.6. The summed E-state index contributed by atoms with van der Waals surface area (Å²) in [5.74, 6) is -0.191. The lowest BCUT2D eigenvalue weighted by Crippen LogP contribution is -1.98. The summed E-state index contributed by atoms with van der Waals surface area (Å²) >= 11 is 0. The first-order chi connectivity index (χ1) is 7.10. The van der Waals surface area contributed by atoms with Gasteiger partial charge in [0, 0.05) is 0 Å². The first-order valence-electron chi connectivity index (χ1n) is 4.93. The average Bonchev–Trinajstić information content (AvgIpc) is 2.22. The zero-order valence-corrected chi connectivity index (χ0v) is 9.17. The van der Waals surface area contributed by atoms with Crippen molar-refractivity contribution in [3.8, 4) is 0 Å². The smallest absolute Gasteiger partial charge is 0.211 e. The molecule has 1 aromatic rings. The van der Waals surface area contributed by atoms with Gasteiger partial charge in [0.2, 0.25) is 6.08 Å². The van der Waals surface area contributed by atoms with Gasteiger partial charge in [-0.25, -0.2) is 9.18 Å². The fraction of sp³-hybridized carbons (Fsp3) is 0.417. The van der Waals surface area contributed by atoms with Gasteiger partial charge in [0.1, 0.15) is 5.82 Å². The molecule has 3 heteroatoms. The van der Waals surface area contributed by atoms with E-state index in [1.165, 1.54) is 0 Å². The van der Waals surface area contributed by atoms with Crippen LogP contribution < -0.4 is 0 Å². The van der Waals surface area contributed by atoms with Crippen LogP contribution in [0.2, 0.25) is 0 Å². The summed E-state index contributed by atoms with van der Waals surface area (Å²) in [5.41, 5.74) is 2.05. The summed E-state index contributed by atoms with van der Waals surface area (Å²) in [6.45, 7) is 5.35. The van der Waals surface area contributed by atoms with Crippen molar-refractivity contribution in [2.45, 2.75) is 33.2 Å². The van der Waals surface area contributed by atoms with E-state index in [4.69, 9.17) is 0 Å². The third-order valence-corrected chi connectivity index (χ3v) is 2.44. The summed E-state index contributed by atoms with van der Waals surface area (Å²) in [6.07, 6.45) is 2.26. The van der Waals surface area contributed by atoms with Gasteiger partial charge in [-0.2, -0.15) is 4.99 Å². The number of hydrogen-bond donors (Lipinski definition) is 0. The Hall–Kier alpha value is -1.47. The Labute approximate surface area is 88.8 Å². The Morgan fingerprint density at radius 3 is 2.33 bits per heavy atom. The molecule has 1 aromatic carbocycles. The van der Waals surface area contributed by atoms with Gasteiger partial charge >= 0.3 is 0 Å². The van der Waals surface area contributed by atoms with Crippen molar-refractivity contribution < 1.29 is 9.18 Å². The number of halogens is 1. The molecule has 0 fully saturated rings. The number of aryl methyl sites for hydroxylation is 2. The van der Waals surface area contributed by atoms with Crippen molar-refractivity contribution in [3.05, 3.63) is 34.6 Å². The molecule has 0 amide bonds. The molecule has 0 N–H and O–H groups in total. The van der Waals surface area contributed by atoms with Gasteiger partial charge < -0.3 is 0 Å². The van der Waals surface area contributed by atoms with Crippen LogP contribution in [0, 0.1) is 19.7 Å². The van der Waals surface area contributed by atoms with E-state index in [0.717, 1.165) is 5.56 Å². The van der Waals surface area contributed by atoms with Gasteiger partial charge in [0.25, 0.3) is 0 Å². The van der Waals surface area contributed by atoms with E-state index in [0.29, 0.717) is 17.5 Å². The molecule has 0 aliphatic heterocycles. The topological polar surface area (TPSA) is 29.4 Å². The van der Waals surface area contributed by atoms with Crippen molar-refractivity contribution in [1.82, 2.24) is 0 Å². The van der Waals surface area contributed by atoms with E-state index >= 15 is 0 Å². The molecular weight excluding hydrogens is 193 g/mol. The Kier molecular flexibility index (Phi) is 3.75. The first-order valence-corrected chi connectivity index (χ1v) is 4.93. The van der Waals surface area contributed by atoms with Crippen molar-refractivity contribution >= 4 is 6.08 Å². The molecule has 0 aliphatic rings. The zero-order chi connectivity index (χ0) is 11.4. The van der Waals surface area contributed by atoms with Crippen LogP contribution in [0.15, 0.2) is 17.1 Å². The number of rotatable bonds is 3. The Morgan fingerprint density at radius 2 is 1.93 bits per heavy atom. The van der Waals surface area contributed by atoms with Crippen LogP contribution in [0.5, 0.6) is 0 Å². The van der Waals surface area contributed by atoms with Crippen LogP contribution >= 0.6 is 0 Å². The predicted molar refractivity (Wildman–Crippen MR) is 57.0 cm³/mol. The second kappa shape index (κ2) is 4.85. The maximum Gasteiger partial charge on any atom is 0.235 e. The third-order valence-electron chi connectivity index (χ3n) is 2.44. The number of nitrogens with zero attached hydrogens (tertiary/aromatic N) is 1. The normalized spacial score (nSPS) is 12.0. The lowest BCUT2D eigenvalue weighted by molar-refractivity contribution is 0.555. The average molecular weight is 207 g/mol. The molecule has 0 aromatic heterocycles. The highest BCUT2D eigenvalue weighted by Crippen LogP contribution is 2.24. The van der Waals surface area contributed by atoms with E-state index in [-0.39, 0.29) is 11.9 Å². The Bertz CT molecular complexity index is 385. The monoisotopic (exact) mass is 207 g/mol. The van der Waals surface area contributed by atoms with Gasteiger partial charge in [-0.1, -0.05) is 19.1 Å². The number of benzene rings is 1. The van der Waals surface area contributed by atoms with E-state index in [2.05, 4.69) is 4.99 Å². The third kappa shape index (κ3) is 2.51. The molecule has 0 bridgehead atoms. The molecule has 0 unspecified atom stereocenters. The highest BCUT2D eigenvalue weighted by Gasteiger charge is 2.11. The Morgan fingerprint density at radius 1 is 1.40 bits per heavy atom. The quantitative estimate of drug-likeness (QED) is 0.552. The molecule has 80 valence electrons. The number of aliphatic imine (C=N–C) groups is 1. The van der Waals surface area contributed by atoms with Crippen LogP contribution in [0.4, 0.5) is 4.39 Å². The van der Waals surface area contributed by atoms with E-state index < -0.39 is 0 Å². The van der Waals surface area contributed by atoms with Crippen molar-refractivity contribution in [2.75, 3.05) is 0 Å². The summed E-state index contributed by atoms with van der Waals surface area (Å²) < 4.78 is 13.4. The number of isocyanates is 1. The molecule has 1 atom stereocenters. The lowest BCUT2D eigenvalue weighted by atomic mass is 9.99. The van der Waals surface area contributed by atoms with Gasteiger partial charge in [-0.3, -0.25) is 0 Å². The summed E-state index contributed by atoms with van der Waals surface area (Å²) in [6, 6.07) is 3.26. The standard InChI is InChI=1S/C12H14FNO/c1-4-11(14-7-15)10-5-8(2)12(13)9(3)6-10/h5-6,11H,4H2,1-3H3/t11-/m1/s1. The summed E-state index contributed by atoms with van der Waals surface area (Å²) in [7, 11) is 0. The van der Waals surface area contributed by atoms with Gasteiger partial charge in [0.15, 0.2) is 0 Å². The molecule has 0 saturated carbocycles. The molecule has 0 spiro atoms. The zero-order valence-electron chi connectivity index (χ0n) is 9.17. The van der Waals surface area contributed by atoms with E-state index in [1.54, 1.807) is 32.1 Å². The van der Waals surface area contributed by atoms with Crippen LogP contribution in [0.3, 0.4) is 0 Å². The Balaban J connectivity index is 3.19. The van der Waals surface area contributed by atoms with Gasteiger partial charge in [-0.15, -0.1) is 0 Å². The maximum atomic E-state index is 13.4. The molecule has 0 aliphatic carbocycles. The number of hydrogen-bond acceptors (Lipinski definition) is 2. The van der Waals surface area contributed by atoms with Crippen molar-refractivity contribution in [2.24, 2.45) is 4.99 Å². The van der Waals surface area contributed by atoms with Crippen LogP contribution in [-0.2, 0) is 4.79 Å². The lowest BCUT2D eigenvalue weighted by Gasteiger charge is -2.11. The maximum absolute atomic E-state index is 13.4. The molecule has 0 saturated heterocycles. The van der Waals surface area contributed by atoms with Gasteiger partial charge in [0.05, 0.1) is 6.04 Å². The second-order valence-electron chi connectivity index (χ2n) is 3.61. The largest absolute Gasteiger partial charge is 0.235 e. The summed E-state index contributed by atoms with van der Waals surface area (Å²) in [5, 5.41) is 0. The molecule has 0 heterocycles. The summed E-state index contributed by atoms with van der Waals surface area (Å²) in [4.78, 5) is 13.9. The minimum Gasteiger partial charge on any atom is -0.211 e. The minimum atomic E-state index is -0.208. The molecule has 1 rings (SSSR count). The van der Waals surface area contributed by atoms with Crippen LogP contribution in [-0.4, -0.2) is 6.08 Å². The second-order valence-corrected chi connectivity index (χ2v) is 3.61. The van der Waals surface area contributed by atoms with Crippen LogP contribution in [0.1, 0.15) is 36.1 Å². The highest BCUT2D eigenvalue weighted by molar-refractivity contribution is 5.37. The minimum absolute atomic E-state index is 0.191. The van der Waals surface area contributed by atoms with Crippen molar-refractivity contribution in [3.63, 3.8) is 0 Å². The fourth-order valence-corrected chi connectivity index (χ4v) is 1.64. The number of carbonyl (C=O) groups excluding carboxylic acids is 1. The van der Waals surface area contributed by atoms with E-state index in [1.807, 2.05) is 6.92 Å². The molecule has 2 nitrogen and oxygen atoms in total. The van der Waals surface area contributed by atoms with E-state index in [9.17, 15) is 9.18 Å². The SMILES string of the molecule is CC[C@@H](N=C=O)c1cc(C)c(F)c(C)c1. The van der Waals surface area contributed by atoms with Gasteiger partial charge in [-0.05, 0) is 37.0 Å². The fourth-order valence-electron chi connectivity index (χ4n) is 1.64. The predicted octanol–water partition coefficient (Wildman–Crippen LogP) is 3.23. The highest BCUT2D eigenvalue weighted by atomic mass is 19.1. The van der Waals surface area contributed by atoms with Crippen molar-refractivity contribution in [1.29, 1.82) is 0 Å². The van der Waals surface area contributed by atoms with Crippen LogP contribution in [0.25, 0.3) is 0 Å². The molecule has 0 radical (unpaired) electrons. The molecular formula is C12H14FNO.